The molecular weight excluding hydrogens is 341 g/mol. The molecule has 1 aromatic rings. The first-order chi connectivity index (χ1) is 13.2. The molecule has 1 aliphatic heterocycles. The Morgan fingerprint density at radius 3 is 2.44 bits per heavy atom. The summed E-state index contributed by atoms with van der Waals surface area (Å²) in [7, 11) is 0. The second-order valence-electron chi connectivity index (χ2n) is 8.21. The van der Waals surface area contributed by atoms with E-state index in [1.54, 1.807) is 12.1 Å². The first-order valence-corrected chi connectivity index (χ1v) is 10.6. The predicted octanol–water partition coefficient (Wildman–Crippen LogP) is 5.93. The molecule has 2 fully saturated rings. The Bertz CT molecular complexity index is 626. The highest BCUT2D eigenvalue weighted by molar-refractivity contribution is 5.34. The van der Waals surface area contributed by atoms with Gasteiger partial charge in [0.1, 0.15) is 11.9 Å². The fourth-order valence-corrected chi connectivity index (χ4v) is 4.46. The number of hydrogen-bond acceptors (Lipinski definition) is 3. The molecule has 0 amide bonds. The number of nitriles is 1. The summed E-state index contributed by atoms with van der Waals surface area (Å²) in [6.07, 6.45) is 10.5. The Kier molecular flexibility index (Phi) is 7.67. The number of unbranched alkanes of at least 4 members (excludes halogenated alkanes) is 3. The van der Waals surface area contributed by atoms with Gasteiger partial charge in [-0.2, -0.15) is 5.26 Å². The number of hydrogen-bond donors (Lipinski definition) is 0. The minimum absolute atomic E-state index is 0.0597. The van der Waals surface area contributed by atoms with E-state index in [-0.39, 0.29) is 11.9 Å². The topological polar surface area (TPSA) is 42.2 Å². The molecule has 1 saturated carbocycles. The quantitative estimate of drug-likeness (QED) is 0.556. The van der Waals surface area contributed by atoms with Crippen LogP contribution in [0.4, 0.5) is 4.39 Å². The average Bonchev–Trinajstić information content (AvgIpc) is 2.72. The fraction of sp³-hybridized carbons (Fsp3) is 0.696. The first kappa shape index (κ1) is 20.3. The highest BCUT2D eigenvalue weighted by Gasteiger charge is 2.32. The molecule has 3 rings (SSSR count). The lowest BCUT2D eigenvalue weighted by Crippen LogP contribution is -2.38. The van der Waals surface area contributed by atoms with Crippen molar-refractivity contribution in [3.05, 3.63) is 35.1 Å². The van der Waals surface area contributed by atoms with Crippen LogP contribution < -0.4 is 0 Å². The van der Waals surface area contributed by atoms with E-state index in [9.17, 15) is 4.39 Å². The third-order valence-electron chi connectivity index (χ3n) is 6.20. The second-order valence-corrected chi connectivity index (χ2v) is 8.21. The average molecular weight is 374 g/mol. The van der Waals surface area contributed by atoms with Crippen molar-refractivity contribution in [1.29, 1.82) is 5.26 Å². The van der Waals surface area contributed by atoms with Crippen LogP contribution in [0, 0.1) is 29.0 Å². The second kappa shape index (κ2) is 10.2. The minimum atomic E-state index is -0.402. The largest absolute Gasteiger partial charge is 0.352 e. The molecule has 1 aliphatic carbocycles. The van der Waals surface area contributed by atoms with Crippen LogP contribution >= 0.6 is 0 Å². The Hall–Kier alpha value is -1.44. The van der Waals surface area contributed by atoms with E-state index in [1.165, 1.54) is 32.1 Å². The Balaban J connectivity index is 1.41. The molecule has 1 heterocycles. The van der Waals surface area contributed by atoms with Crippen LogP contribution in [-0.4, -0.2) is 19.5 Å². The molecule has 0 atom stereocenters. The summed E-state index contributed by atoms with van der Waals surface area (Å²) in [5.74, 6) is 0.973. The number of benzene rings is 1. The van der Waals surface area contributed by atoms with Crippen molar-refractivity contribution in [2.24, 2.45) is 11.8 Å². The van der Waals surface area contributed by atoms with Crippen molar-refractivity contribution in [1.82, 2.24) is 0 Å². The van der Waals surface area contributed by atoms with E-state index in [0.29, 0.717) is 17.8 Å². The summed E-state index contributed by atoms with van der Waals surface area (Å²) in [5.41, 5.74) is 1.14. The van der Waals surface area contributed by atoms with E-state index < -0.39 is 5.82 Å². The van der Waals surface area contributed by atoms with Crippen molar-refractivity contribution in [2.45, 2.75) is 76.9 Å². The zero-order valence-electron chi connectivity index (χ0n) is 16.5. The lowest BCUT2D eigenvalue weighted by molar-refractivity contribution is -0.229. The van der Waals surface area contributed by atoms with E-state index in [0.717, 1.165) is 44.5 Å². The standard InChI is InChI=1S/C23H32FNO2/c1-2-3-4-5-6-17-15-26-23(27-16-17)19-9-7-18(8-10-19)20-11-12-21(14-25)22(24)13-20/h11-13,17-19,23H,2-10,15-16H2,1H3/t17?,18-,19-,23?. The van der Waals surface area contributed by atoms with Crippen LogP contribution in [-0.2, 0) is 9.47 Å². The van der Waals surface area contributed by atoms with E-state index in [4.69, 9.17) is 14.7 Å². The normalized spacial score (nSPS) is 28.6. The highest BCUT2D eigenvalue weighted by Crippen LogP contribution is 2.39. The van der Waals surface area contributed by atoms with Crippen LogP contribution in [0.25, 0.3) is 0 Å². The molecule has 4 heteroatoms. The molecule has 0 spiro atoms. The lowest BCUT2D eigenvalue weighted by Gasteiger charge is -2.37. The molecule has 1 saturated heterocycles. The van der Waals surface area contributed by atoms with Crippen molar-refractivity contribution < 1.29 is 13.9 Å². The van der Waals surface area contributed by atoms with Crippen molar-refractivity contribution in [3.8, 4) is 6.07 Å². The van der Waals surface area contributed by atoms with Gasteiger partial charge < -0.3 is 9.47 Å². The molecule has 2 aliphatic rings. The summed E-state index contributed by atoms with van der Waals surface area (Å²) in [6.45, 7) is 3.90. The van der Waals surface area contributed by atoms with Crippen LogP contribution in [0.2, 0.25) is 0 Å². The maximum Gasteiger partial charge on any atom is 0.160 e. The van der Waals surface area contributed by atoms with Crippen LogP contribution in [0.5, 0.6) is 0 Å². The van der Waals surface area contributed by atoms with Crippen LogP contribution in [0.15, 0.2) is 18.2 Å². The van der Waals surface area contributed by atoms with Crippen molar-refractivity contribution in [2.75, 3.05) is 13.2 Å². The number of rotatable bonds is 7. The van der Waals surface area contributed by atoms with Gasteiger partial charge in [0.05, 0.1) is 18.8 Å². The van der Waals surface area contributed by atoms with Gasteiger partial charge in [-0.15, -0.1) is 0 Å². The van der Waals surface area contributed by atoms with Gasteiger partial charge in [-0.1, -0.05) is 38.7 Å². The third kappa shape index (κ3) is 5.53. The van der Waals surface area contributed by atoms with Gasteiger partial charge in [0.2, 0.25) is 0 Å². The van der Waals surface area contributed by atoms with E-state index in [2.05, 4.69) is 6.92 Å². The highest BCUT2D eigenvalue weighted by atomic mass is 19.1. The molecule has 0 aromatic heterocycles. The van der Waals surface area contributed by atoms with Gasteiger partial charge in [-0.3, -0.25) is 0 Å². The van der Waals surface area contributed by atoms with Gasteiger partial charge in [0.15, 0.2) is 6.29 Å². The van der Waals surface area contributed by atoms with Crippen LogP contribution in [0.1, 0.15) is 81.8 Å². The molecule has 0 unspecified atom stereocenters. The Labute approximate surface area is 162 Å². The van der Waals surface area contributed by atoms with Crippen LogP contribution in [0.3, 0.4) is 0 Å². The molecule has 27 heavy (non-hydrogen) atoms. The number of ether oxygens (including phenoxy) is 2. The molecule has 3 nitrogen and oxygen atoms in total. The maximum atomic E-state index is 13.9. The van der Waals surface area contributed by atoms with Gasteiger partial charge in [0, 0.05) is 11.8 Å². The molecule has 0 N–H and O–H groups in total. The lowest BCUT2D eigenvalue weighted by atomic mass is 9.78. The third-order valence-corrected chi connectivity index (χ3v) is 6.20. The predicted molar refractivity (Wildman–Crippen MR) is 104 cm³/mol. The SMILES string of the molecule is CCCCCCC1COC([C@H]2CC[C@H](c3ccc(C#N)c(F)c3)CC2)OC1. The summed E-state index contributed by atoms with van der Waals surface area (Å²) < 4.78 is 26.0. The molecule has 0 radical (unpaired) electrons. The molecule has 0 bridgehead atoms. The first-order valence-electron chi connectivity index (χ1n) is 10.6. The van der Waals surface area contributed by atoms with Crippen molar-refractivity contribution in [3.63, 3.8) is 0 Å². The molecule has 148 valence electrons. The summed E-state index contributed by atoms with van der Waals surface area (Å²) in [6, 6.07) is 6.94. The van der Waals surface area contributed by atoms with Crippen molar-refractivity contribution >= 4 is 0 Å². The number of halogens is 1. The molecular formula is C23H32FNO2. The van der Waals surface area contributed by atoms with Gasteiger partial charge in [-0.05, 0) is 55.7 Å². The maximum absolute atomic E-state index is 13.9. The zero-order valence-corrected chi connectivity index (χ0v) is 16.5. The Morgan fingerprint density at radius 2 is 1.81 bits per heavy atom. The van der Waals surface area contributed by atoms with E-state index >= 15 is 0 Å². The monoisotopic (exact) mass is 373 g/mol. The van der Waals surface area contributed by atoms with Gasteiger partial charge in [-0.25, -0.2) is 4.39 Å². The molecule has 1 aromatic carbocycles. The summed E-state index contributed by atoms with van der Waals surface area (Å²) >= 11 is 0. The van der Waals surface area contributed by atoms with Gasteiger partial charge >= 0.3 is 0 Å². The minimum Gasteiger partial charge on any atom is -0.352 e. The number of nitrogens with zero attached hydrogens (tertiary/aromatic N) is 1. The summed E-state index contributed by atoms with van der Waals surface area (Å²) in [5, 5.41) is 8.87. The smallest absolute Gasteiger partial charge is 0.160 e. The summed E-state index contributed by atoms with van der Waals surface area (Å²) in [4.78, 5) is 0. The fourth-order valence-electron chi connectivity index (χ4n) is 4.46. The van der Waals surface area contributed by atoms with Gasteiger partial charge in [0.25, 0.3) is 0 Å². The zero-order chi connectivity index (χ0) is 19.1. The Morgan fingerprint density at radius 1 is 1.07 bits per heavy atom. The van der Waals surface area contributed by atoms with E-state index in [1.807, 2.05) is 12.1 Å².